The van der Waals surface area contributed by atoms with Crippen molar-refractivity contribution in [1.82, 2.24) is 5.32 Å². The second-order valence-corrected chi connectivity index (χ2v) is 8.84. The van der Waals surface area contributed by atoms with Gasteiger partial charge in [0.15, 0.2) is 5.54 Å². The molecule has 10 heteroatoms. The Morgan fingerprint density at radius 2 is 1.81 bits per heavy atom. The zero-order valence-electron chi connectivity index (χ0n) is 16.3. The van der Waals surface area contributed by atoms with Crippen molar-refractivity contribution < 1.29 is 31.5 Å². The Balaban J connectivity index is 1.88. The molecule has 0 aromatic heterocycles. The first kappa shape index (κ1) is 22.4. The average molecular weight is 452 g/mol. The highest BCUT2D eigenvalue weighted by atomic mass is 32.2. The fraction of sp³-hybridized carbons (Fsp3) is 0.190. The monoisotopic (exact) mass is 452 g/mol. The van der Waals surface area contributed by atoms with Crippen LogP contribution in [0.1, 0.15) is 22.3 Å². The fourth-order valence-corrected chi connectivity index (χ4v) is 3.65. The molecule has 0 spiro atoms. The number of sulfonamides is 1. The quantitative estimate of drug-likeness (QED) is 0.601. The number of benzene rings is 2. The van der Waals surface area contributed by atoms with E-state index < -0.39 is 39.8 Å². The standard InChI is InChI=1S/C21H19F3N2O4S/c1-31(29,30)26-17-13-16(7-8-18(17)27)19(28)25-20(21(22,23)24)11-9-15(10-12-20)14-5-3-2-4-6-14/h2-11,13,26-27H,12H2,1H3,(H,25,28). The van der Waals surface area contributed by atoms with Gasteiger partial charge in [0.1, 0.15) is 5.75 Å². The molecule has 1 atom stereocenters. The third-order valence-corrected chi connectivity index (χ3v) is 5.29. The molecular formula is C21H19F3N2O4S. The lowest BCUT2D eigenvalue weighted by molar-refractivity contribution is -0.177. The number of nitrogens with one attached hydrogen (secondary N) is 2. The number of anilines is 1. The Bertz CT molecular complexity index is 1160. The molecule has 0 fully saturated rings. The summed E-state index contributed by atoms with van der Waals surface area (Å²) in [7, 11) is -3.78. The first-order chi connectivity index (χ1) is 14.4. The smallest absolute Gasteiger partial charge is 0.415 e. The minimum Gasteiger partial charge on any atom is -0.506 e. The number of phenols is 1. The van der Waals surface area contributed by atoms with E-state index in [1.807, 2.05) is 10.0 Å². The van der Waals surface area contributed by atoms with Gasteiger partial charge in [0.05, 0.1) is 11.9 Å². The van der Waals surface area contributed by atoms with E-state index in [1.54, 1.807) is 30.3 Å². The van der Waals surface area contributed by atoms with Gasteiger partial charge in [-0.2, -0.15) is 13.2 Å². The number of carbonyl (C=O) groups excluding carboxylic acids is 1. The van der Waals surface area contributed by atoms with Gasteiger partial charge < -0.3 is 10.4 Å². The van der Waals surface area contributed by atoms with Crippen molar-refractivity contribution in [3.63, 3.8) is 0 Å². The summed E-state index contributed by atoms with van der Waals surface area (Å²) in [6.45, 7) is 0. The second kappa shape index (κ2) is 8.10. The predicted octanol–water partition coefficient (Wildman–Crippen LogP) is 3.84. The minimum absolute atomic E-state index is 0.251. The van der Waals surface area contributed by atoms with Gasteiger partial charge in [-0.1, -0.05) is 42.5 Å². The number of amides is 1. The van der Waals surface area contributed by atoms with Gasteiger partial charge in [0, 0.05) is 12.0 Å². The number of hydrogen-bond acceptors (Lipinski definition) is 4. The number of allylic oxidation sites excluding steroid dienone is 2. The first-order valence-corrected chi connectivity index (χ1v) is 10.9. The summed E-state index contributed by atoms with van der Waals surface area (Å²) >= 11 is 0. The van der Waals surface area contributed by atoms with Crippen LogP contribution in [0.25, 0.3) is 5.57 Å². The maximum absolute atomic E-state index is 13.9. The highest BCUT2D eigenvalue weighted by Crippen LogP contribution is 2.39. The van der Waals surface area contributed by atoms with Crippen molar-refractivity contribution in [2.24, 2.45) is 0 Å². The summed E-state index contributed by atoms with van der Waals surface area (Å²) in [5.41, 5.74) is -1.86. The van der Waals surface area contributed by atoms with Crippen LogP contribution in [0.5, 0.6) is 5.75 Å². The number of aromatic hydroxyl groups is 1. The summed E-state index contributed by atoms with van der Waals surface area (Å²) < 4.78 is 66.6. The molecular weight excluding hydrogens is 433 g/mol. The molecule has 1 amide bonds. The van der Waals surface area contributed by atoms with Crippen LogP contribution in [0.4, 0.5) is 18.9 Å². The maximum atomic E-state index is 13.9. The summed E-state index contributed by atoms with van der Waals surface area (Å²) in [6, 6.07) is 11.9. The topological polar surface area (TPSA) is 95.5 Å². The summed E-state index contributed by atoms with van der Waals surface area (Å²) in [6.07, 6.45) is -0.862. The Hall–Kier alpha value is -3.27. The van der Waals surface area contributed by atoms with Crippen LogP contribution in [0.2, 0.25) is 0 Å². The van der Waals surface area contributed by atoms with Gasteiger partial charge in [0.25, 0.3) is 5.91 Å². The predicted molar refractivity (Wildman–Crippen MR) is 111 cm³/mol. The lowest BCUT2D eigenvalue weighted by atomic mass is 9.85. The number of rotatable bonds is 5. The van der Waals surface area contributed by atoms with Crippen LogP contribution in [-0.2, 0) is 10.0 Å². The van der Waals surface area contributed by atoms with E-state index in [-0.39, 0.29) is 11.3 Å². The minimum atomic E-state index is -4.79. The second-order valence-electron chi connectivity index (χ2n) is 7.09. The SMILES string of the molecule is CS(=O)(=O)Nc1cc(C(=O)NC2(C(F)(F)F)C=CC(c3ccccc3)=CC2)ccc1O. The zero-order chi connectivity index (χ0) is 22.9. The van der Waals surface area contributed by atoms with Crippen molar-refractivity contribution >= 4 is 27.2 Å². The third-order valence-electron chi connectivity index (χ3n) is 4.70. The molecule has 6 nitrogen and oxygen atoms in total. The first-order valence-electron chi connectivity index (χ1n) is 9.05. The number of halogens is 3. The number of carbonyl (C=O) groups is 1. The van der Waals surface area contributed by atoms with Crippen molar-refractivity contribution in [3.8, 4) is 5.75 Å². The zero-order valence-corrected chi connectivity index (χ0v) is 17.1. The van der Waals surface area contributed by atoms with E-state index >= 15 is 0 Å². The molecule has 2 aromatic carbocycles. The largest absolute Gasteiger partial charge is 0.506 e. The molecule has 2 aromatic rings. The molecule has 1 aliphatic rings. The molecule has 0 heterocycles. The van der Waals surface area contributed by atoms with Crippen molar-refractivity contribution in [2.45, 2.75) is 18.1 Å². The normalized spacial score (nSPS) is 18.9. The Morgan fingerprint density at radius 1 is 1.13 bits per heavy atom. The number of phenolic OH excluding ortho intramolecular Hbond substituents is 1. The third kappa shape index (κ3) is 5.08. The van der Waals surface area contributed by atoms with Gasteiger partial charge >= 0.3 is 6.18 Å². The molecule has 3 rings (SSSR count). The van der Waals surface area contributed by atoms with Gasteiger partial charge in [-0.25, -0.2) is 8.42 Å². The molecule has 0 saturated carbocycles. The number of hydrogen-bond donors (Lipinski definition) is 3. The lowest BCUT2D eigenvalue weighted by Crippen LogP contribution is -2.57. The molecule has 164 valence electrons. The van der Waals surface area contributed by atoms with Gasteiger partial charge in [0.2, 0.25) is 10.0 Å². The summed E-state index contributed by atoms with van der Waals surface area (Å²) in [4.78, 5) is 12.6. The molecule has 3 N–H and O–H groups in total. The lowest BCUT2D eigenvalue weighted by Gasteiger charge is -2.35. The van der Waals surface area contributed by atoms with E-state index in [9.17, 15) is 31.5 Å². The highest BCUT2D eigenvalue weighted by Gasteiger charge is 2.54. The van der Waals surface area contributed by atoms with E-state index in [0.29, 0.717) is 5.57 Å². The Morgan fingerprint density at radius 3 is 2.35 bits per heavy atom. The molecule has 0 aliphatic heterocycles. The fourth-order valence-electron chi connectivity index (χ4n) is 3.09. The highest BCUT2D eigenvalue weighted by molar-refractivity contribution is 7.92. The maximum Gasteiger partial charge on any atom is 0.415 e. The molecule has 1 aliphatic carbocycles. The summed E-state index contributed by atoms with van der Waals surface area (Å²) in [5, 5.41) is 11.8. The van der Waals surface area contributed by atoms with Crippen LogP contribution in [0.15, 0.2) is 66.8 Å². The van der Waals surface area contributed by atoms with Crippen molar-refractivity contribution in [3.05, 3.63) is 77.9 Å². The molecule has 1 unspecified atom stereocenters. The van der Waals surface area contributed by atoms with Crippen LogP contribution in [-0.4, -0.2) is 37.4 Å². The van der Waals surface area contributed by atoms with Crippen molar-refractivity contribution in [2.75, 3.05) is 11.0 Å². The molecule has 0 bridgehead atoms. The van der Waals surface area contributed by atoms with Crippen LogP contribution >= 0.6 is 0 Å². The van der Waals surface area contributed by atoms with Crippen molar-refractivity contribution in [1.29, 1.82) is 0 Å². The molecule has 0 saturated heterocycles. The average Bonchev–Trinajstić information content (AvgIpc) is 2.69. The van der Waals surface area contributed by atoms with Crippen LogP contribution in [0, 0.1) is 0 Å². The van der Waals surface area contributed by atoms with Gasteiger partial charge in [-0.3, -0.25) is 9.52 Å². The van der Waals surface area contributed by atoms with E-state index in [1.165, 1.54) is 12.2 Å². The number of alkyl halides is 3. The van der Waals surface area contributed by atoms with E-state index in [0.717, 1.165) is 36.1 Å². The van der Waals surface area contributed by atoms with Gasteiger partial charge in [-0.05, 0) is 35.4 Å². The Labute approximate surface area is 177 Å². The van der Waals surface area contributed by atoms with Crippen LogP contribution < -0.4 is 10.0 Å². The Kier molecular flexibility index (Phi) is 5.86. The van der Waals surface area contributed by atoms with Crippen LogP contribution in [0.3, 0.4) is 0 Å². The molecule has 31 heavy (non-hydrogen) atoms. The summed E-state index contributed by atoms with van der Waals surface area (Å²) in [5.74, 6) is -1.55. The van der Waals surface area contributed by atoms with E-state index in [4.69, 9.17) is 0 Å². The molecule has 0 radical (unpaired) electrons. The van der Waals surface area contributed by atoms with E-state index in [2.05, 4.69) is 0 Å². The van der Waals surface area contributed by atoms with Gasteiger partial charge in [-0.15, -0.1) is 0 Å².